The summed E-state index contributed by atoms with van der Waals surface area (Å²) in [6.07, 6.45) is 2.44. The molecule has 1 aliphatic heterocycles. The summed E-state index contributed by atoms with van der Waals surface area (Å²) < 4.78 is 5.09. The van der Waals surface area contributed by atoms with Crippen molar-refractivity contribution in [2.75, 3.05) is 30.4 Å². The second-order valence-electron chi connectivity index (χ2n) is 6.15. The Hall–Kier alpha value is -2.63. The van der Waals surface area contributed by atoms with Crippen LogP contribution in [0.4, 0.5) is 11.6 Å². The fraction of sp³-hybridized carbons (Fsp3) is 0.389. The molecule has 6 heteroatoms. The van der Waals surface area contributed by atoms with Crippen molar-refractivity contribution in [3.8, 4) is 5.75 Å². The van der Waals surface area contributed by atoms with Gasteiger partial charge in [0.15, 0.2) is 11.6 Å². The first kappa shape index (κ1) is 16.2. The lowest BCUT2D eigenvalue weighted by atomic mass is 10.0. The summed E-state index contributed by atoms with van der Waals surface area (Å²) in [6, 6.07) is 10.6. The van der Waals surface area contributed by atoms with Crippen LogP contribution in [0.25, 0.3) is 0 Å². The lowest BCUT2D eigenvalue weighted by molar-refractivity contribution is 0.102. The molecule has 2 heterocycles. The first-order chi connectivity index (χ1) is 11.7. The number of anilines is 2. The number of hydrogen-bond donors (Lipinski definition) is 1. The fourth-order valence-corrected chi connectivity index (χ4v) is 2.89. The van der Waals surface area contributed by atoms with Crippen LogP contribution in [-0.4, -0.2) is 36.3 Å². The van der Waals surface area contributed by atoms with Crippen molar-refractivity contribution >= 4 is 17.5 Å². The Morgan fingerprint density at radius 3 is 2.62 bits per heavy atom. The van der Waals surface area contributed by atoms with Gasteiger partial charge in [-0.15, -0.1) is 10.2 Å². The van der Waals surface area contributed by atoms with Gasteiger partial charge in [0, 0.05) is 18.7 Å². The van der Waals surface area contributed by atoms with Gasteiger partial charge in [-0.3, -0.25) is 4.79 Å². The highest BCUT2D eigenvalue weighted by molar-refractivity contribution is 6.03. The number of rotatable bonds is 4. The van der Waals surface area contributed by atoms with Crippen molar-refractivity contribution in [1.29, 1.82) is 0 Å². The number of nitrogens with zero attached hydrogens (tertiary/aromatic N) is 3. The Bertz CT molecular complexity index is 685. The standard InChI is InChI=1S/C18H22N4O2/c1-13-4-3-11-22(12-13)17-10-9-16(20-21-17)19-18(23)14-5-7-15(24-2)8-6-14/h5-10,13H,3-4,11-12H2,1-2H3,(H,19,20,23). The third-order valence-corrected chi connectivity index (χ3v) is 4.23. The van der Waals surface area contributed by atoms with Gasteiger partial charge < -0.3 is 15.0 Å². The normalized spacial score (nSPS) is 17.4. The minimum absolute atomic E-state index is 0.216. The molecule has 0 aliphatic carbocycles. The Labute approximate surface area is 141 Å². The SMILES string of the molecule is COc1ccc(C(=O)Nc2ccc(N3CCCC(C)C3)nn2)cc1. The molecule has 2 aromatic rings. The summed E-state index contributed by atoms with van der Waals surface area (Å²) >= 11 is 0. The van der Waals surface area contributed by atoms with Gasteiger partial charge in [0.1, 0.15) is 5.75 Å². The lowest BCUT2D eigenvalue weighted by Crippen LogP contribution is -2.34. The van der Waals surface area contributed by atoms with E-state index in [-0.39, 0.29) is 5.91 Å². The van der Waals surface area contributed by atoms with Gasteiger partial charge in [0.05, 0.1) is 7.11 Å². The van der Waals surface area contributed by atoms with Crippen LogP contribution < -0.4 is 15.0 Å². The third kappa shape index (κ3) is 3.82. The van der Waals surface area contributed by atoms with Crippen LogP contribution >= 0.6 is 0 Å². The van der Waals surface area contributed by atoms with E-state index in [1.807, 2.05) is 6.07 Å². The van der Waals surface area contributed by atoms with Crippen molar-refractivity contribution in [1.82, 2.24) is 10.2 Å². The van der Waals surface area contributed by atoms with Crippen LogP contribution in [0.1, 0.15) is 30.1 Å². The Morgan fingerprint density at radius 1 is 1.21 bits per heavy atom. The maximum absolute atomic E-state index is 12.2. The molecule has 126 valence electrons. The lowest BCUT2D eigenvalue weighted by Gasteiger charge is -2.31. The summed E-state index contributed by atoms with van der Waals surface area (Å²) in [5.74, 6) is 2.49. The smallest absolute Gasteiger partial charge is 0.256 e. The molecule has 1 aromatic carbocycles. The molecule has 6 nitrogen and oxygen atoms in total. The second-order valence-corrected chi connectivity index (χ2v) is 6.15. The highest BCUT2D eigenvalue weighted by Crippen LogP contribution is 2.21. The van der Waals surface area contributed by atoms with Crippen LogP contribution in [-0.2, 0) is 0 Å². The number of benzene rings is 1. The van der Waals surface area contributed by atoms with E-state index in [2.05, 4.69) is 27.3 Å². The molecule has 1 aromatic heterocycles. The monoisotopic (exact) mass is 326 g/mol. The van der Waals surface area contributed by atoms with E-state index < -0.39 is 0 Å². The maximum atomic E-state index is 12.2. The number of methoxy groups -OCH3 is 1. The largest absolute Gasteiger partial charge is 0.497 e. The topological polar surface area (TPSA) is 67.3 Å². The van der Waals surface area contributed by atoms with Gasteiger partial charge in [-0.25, -0.2) is 0 Å². The van der Waals surface area contributed by atoms with E-state index >= 15 is 0 Å². The molecule has 1 fully saturated rings. The number of nitrogens with one attached hydrogen (secondary N) is 1. The van der Waals surface area contributed by atoms with Crippen LogP contribution in [0.15, 0.2) is 36.4 Å². The van der Waals surface area contributed by atoms with Crippen LogP contribution in [0.3, 0.4) is 0 Å². The third-order valence-electron chi connectivity index (χ3n) is 4.23. The zero-order valence-corrected chi connectivity index (χ0v) is 14.0. The van der Waals surface area contributed by atoms with E-state index in [0.29, 0.717) is 23.0 Å². The number of piperidine rings is 1. The van der Waals surface area contributed by atoms with Crippen molar-refractivity contribution in [2.45, 2.75) is 19.8 Å². The van der Waals surface area contributed by atoms with Crippen LogP contribution in [0.2, 0.25) is 0 Å². The summed E-state index contributed by atoms with van der Waals surface area (Å²) in [7, 11) is 1.59. The zero-order valence-electron chi connectivity index (χ0n) is 14.0. The maximum Gasteiger partial charge on any atom is 0.256 e. The highest BCUT2D eigenvalue weighted by atomic mass is 16.5. The van der Waals surface area contributed by atoms with Crippen molar-refractivity contribution in [3.63, 3.8) is 0 Å². The molecule has 24 heavy (non-hydrogen) atoms. The summed E-state index contributed by atoms with van der Waals surface area (Å²) in [5, 5.41) is 11.1. The number of hydrogen-bond acceptors (Lipinski definition) is 5. The zero-order chi connectivity index (χ0) is 16.9. The van der Waals surface area contributed by atoms with Gasteiger partial charge in [-0.1, -0.05) is 6.92 Å². The van der Waals surface area contributed by atoms with Crippen LogP contribution in [0.5, 0.6) is 5.75 Å². The molecule has 0 saturated carbocycles. The highest BCUT2D eigenvalue weighted by Gasteiger charge is 2.18. The number of carbonyl (C=O) groups excluding carboxylic acids is 1. The molecule has 1 aliphatic rings. The summed E-state index contributed by atoms with van der Waals surface area (Å²) in [5.41, 5.74) is 0.548. The first-order valence-corrected chi connectivity index (χ1v) is 8.20. The summed E-state index contributed by atoms with van der Waals surface area (Å²) in [6.45, 7) is 4.27. The molecule has 1 amide bonds. The molecule has 3 rings (SSSR count). The van der Waals surface area contributed by atoms with E-state index in [1.165, 1.54) is 12.8 Å². The molecular formula is C18H22N4O2. The molecule has 0 spiro atoms. The minimum Gasteiger partial charge on any atom is -0.497 e. The predicted molar refractivity (Wildman–Crippen MR) is 93.6 cm³/mol. The molecule has 0 bridgehead atoms. The van der Waals surface area contributed by atoms with E-state index in [1.54, 1.807) is 37.4 Å². The number of carbonyl (C=O) groups is 1. The second kappa shape index (κ2) is 7.29. The molecule has 0 radical (unpaired) electrons. The van der Waals surface area contributed by atoms with Crippen molar-refractivity contribution < 1.29 is 9.53 Å². The van der Waals surface area contributed by atoms with Gasteiger partial charge in [-0.2, -0.15) is 0 Å². The van der Waals surface area contributed by atoms with Crippen molar-refractivity contribution in [3.05, 3.63) is 42.0 Å². The van der Waals surface area contributed by atoms with Gasteiger partial charge >= 0.3 is 0 Å². The quantitative estimate of drug-likeness (QED) is 0.935. The van der Waals surface area contributed by atoms with E-state index in [4.69, 9.17) is 4.74 Å². The van der Waals surface area contributed by atoms with E-state index in [9.17, 15) is 4.79 Å². The number of aromatic nitrogens is 2. The summed E-state index contributed by atoms with van der Waals surface area (Å²) in [4.78, 5) is 14.5. The Morgan fingerprint density at radius 2 is 2.00 bits per heavy atom. The average molecular weight is 326 g/mol. The molecule has 1 saturated heterocycles. The molecular weight excluding hydrogens is 304 g/mol. The predicted octanol–water partition coefficient (Wildman–Crippen LogP) is 2.97. The molecule has 1 unspecified atom stereocenters. The number of amides is 1. The van der Waals surface area contributed by atoms with Gasteiger partial charge in [0.2, 0.25) is 0 Å². The molecule has 1 N–H and O–H groups in total. The molecule has 1 atom stereocenters. The Kier molecular flexibility index (Phi) is 4.93. The van der Waals surface area contributed by atoms with Crippen molar-refractivity contribution in [2.24, 2.45) is 5.92 Å². The Balaban J connectivity index is 1.63. The van der Waals surface area contributed by atoms with Crippen LogP contribution in [0, 0.1) is 5.92 Å². The van der Waals surface area contributed by atoms with E-state index in [0.717, 1.165) is 18.9 Å². The first-order valence-electron chi connectivity index (χ1n) is 8.20. The fourth-order valence-electron chi connectivity index (χ4n) is 2.89. The van der Waals surface area contributed by atoms with Gasteiger partial charge in [-0.05, 0) is 55.2 Å². The average Bonchev–Trinajstić information content (AvgIpc) is 2.62. The van der Waals surface area contributed by atoms with Gasteiger partial charge in [0.25, 0.3) is 5.91 Å². The minimum atomic E-state index is -0.216. The number of ether oxygens (including phenoxy) is 1.